The molecule has 4 nitrogen and oxygen atoms in total. The van der Waals surface area contributed by atoms with E-state index in [0.717, 1.165) is 30.2 Å². The Morgan fingerprint density at radius 2 is 1.75 bits per heavy atom. The van der Waals surface area contributed by atoms with Gasteiger partial charge >= 0.3 is 5.97 Å². The number of benzene rings is 1. The van der Waals surface area contributed by atoms with Gasteiger partial charge in [-0.3, -0.25) is 9.36 Å². The monoisotopic (exact) mass is 329 g/mol. The van der Waals surface area contributed by atoms with E-state index in [1.807, 2.05) is 6.07 Å². The molecule has 0 spiro atoms. The lowest BCUT2D eigenvalue weighted by Gasteiger charge is -2.05. The van der Waals surface area contributed by atoms with Crippen molar-refractivity contribution < 1.29 is 14.3 Å². The molecular weight excluding hydrogens is 302 g/mol. The van der Waals surface area contributed by atoms with Gasteiger partial charge in [-0.1, -0.05) is 51.9 Å². The maximum Gasteiger partial charge on any atom is 0.338 e. The highest BCUT2D eigenvalue weighted by Crippen LogP contribution is 2.17. The van der Waals surface area contributed by atoms with Crippen molar-refractivity contribution in [1.82, 2.24) is 4.57 Å². The highest BCUT2D eigenvalue weighted by Gasteiger charge is 2.09. The van der Waals surface area contributed by atoms with Crippen LogP contribution in [0.25, 0.3) is 10.9 Å². The van der Waals surface area contributed by atoms with Crippen LogP contribution in [0.4, 0.5) is 0 Å². The molecule has 24 heavy (non-hydrogen) atoms. The van der Waals surface area contributed by atoms with E-state index in [1.54, 1.807) is 24.4 Å². The van der Waals surface area contributed by atoms with E-state index in [0.29, 0.717) is 12.2 Å². The third kappa shape index (κ3) is 5.22. The van der Waals surface area contributed by atoms with Crippen molar-refractivity contribution >= 4 is 23.3 Å². The molecule has 0 aliphatic carbocycles. The van der Waals surface area contributed by atoms with Gasteiger partial charge in [-0.05, 0) is 30.7 Å². The summed E-state index contributed by atoms with van der Waals surface area (Å²) < 4.78 is 6.83. The van der Waals surface area contributed by atoms with Crippen LogP contribution in [0.1, 0.15) is 68.6 Å². The van der Waals surface area contributed by atoms with Gasteiger partial charge in [0, 0.05) is 11.6 Å². The molecule has 0 unspecified atom stereocenters. The van der Waals surface area contributed by atoms with Crippen LogP contribution in [0.15, 0.2) is 30.5 Å². The fourth-order valence-electron chi connectivity index (χ4n) is 2.87. The first-order valence-electron chi connectivity index (χ1n) is 8.99. The van der Waals surface area contributed by atoms with Crippen molar-refractivity contribution in [1.29, 1.82) is 0 Å². The number of nitrogens with zero attached hydrogens (tertiary/aromatic N) is 1. The van der Waals surface area contributed by atoms with E-state index < -0.39 is 0 Å². The van der Waals surface area contributed by atoms with Crippen LogP contribution in [0.2, 0.25) is 0 Å². The highest BCUT2D eigenvalue weighted by molar-refractivity contribution is 5.95. The van der Waals surface area contributed by atoms with E-state index in [9.17, 15) is 9.59 Å². The van der Waals surface area contributed by atoms with Crippen LogP contribution in [-0.4, -0.2) is 23.6 Å². The van der Waals surface area contributed by atoms with Crippen LogP contribution in [0.5, 0.6) is 0 Å². The van der Waals surface area contributed by atoms with Gasteiger partial charge in [-0.2, -0.15) is 0 Å². The summed E-state index contributed by atoms with van der Waals surface area (Å²) in [5.41, 5.74) is 1.33. The summed E-state index contributed by atoms with van der Waals surface area (Å²) in [6, 6.07) is 7.07. The van der Waals surface area contributed by atoms with E-state index in [2.05, 4.69) is 6.92 Å². The molecule has 130 valence electrons. The van der Waals surface area contributed by atoms with Gasteiger partial charge in [0.15, 0.2) is 0 Å². The molecule has 2 rings (SSSR count). The molecular formula is C20H27NO3. The molecule has 0 amide bonds. The van der Waals surface area contributed by atoms with Gasteiger partial charge < -0.3 is 4.74 Å². The van der Waals surface area contributed by atoms with Crippen molar-refractivity contribution in [2.45, 2.75) is 58.3 Å². The highest BCUT2D eigenvalue weighted by atomic mass is 16.5. The zero-order valence-corrected chi connectivity index (χ0v) is 14.5. The third-order valence-corrected chi connectivity index (χ3v) is 4.30. The Morgan fingerprint density at radius 1 is 1.04 bits per heavy atom. The number of carbonyl (C=O) groups is 2. The second kappa shape index (κ2) is 9.91. The summed E-state index contributed by atoms with van der Waals surface area (Å²) in [5.74, 6) is -0.293. The van der Waals surface area contributed by atoms with Gasteiger partial charge in [0.1, 0.15) is 0 Å². The van der Waals surface area contributed by atoms with E-state index in [-0.39, 0.29) is 5.97 Å². The SMILES string of the molecule is CCCCCCCCCCOC(=O)c1ccc2c(ccn2C=O)c1. The molecule has 0 bridgehead atoms. The summed E-state index contributed by atoms with van der Waals surface area (Å²) in [5, 5.41) is 0.864. The molecule has 4 heteroatoms. The molecule has 2 aromatic rings. The normalized spacial score (nSPS) is 10.9. The summed E-state index contributed by atoms with van der Waals surface area (Å²) in [6.07, 6.45) is 12.2. The Labute approximate surface area is 143 Å². The Balaban J connectivity index is 1.68. The Hall–Kier alpha value is -2.10. The number of rotatable bonds is 11. The summed E-state index contributed by atoms with van der Waals surface area (Å²) in [4.78, 5) is 22.9. The van der Waals surface area contributed by atoms with Crippen LogP contribution in [-0.2, 0) is 9.53 Å². The molecule has 0 aliphatic heterocycles. The fraction of sp³-hybridized carbons (Fsp3) is 0.500. The summed E-state index contributed by atoms with van der Waals surface area (Å²) in [7, 11) is 0. The van der Waals surface area contributed by atoms with Crippen molar-refractivity contribution in [3.05, 3.63) is 36.0 Å². The maximum absolute atomic E-state index is 12.1. The first-order chi connectivity index (χ1) is 11.8. The van der Waals surface area contributed by atoms with Gasteiger partial charge in [0.25, 0.3) is 0 Å². The summed E-state index contributed by atoms with van der Waals surface area (Å²) in [6.45, 7) is 2.70. The molecule has 0 N–H and O–H groups in total. The number of unbranched alkanes of at least 4 members (excludes halogenated alkanes) is 7. The third-order valence-electron chi connectivity index (χ3n) is 4.30. The molecule has 0 atom stereocenters. The first-order valence-corrected chi connectivity index (χ1v) is 8.99. The van der Waals surface area contributed by atoms with Crippen molar-refractivity contribution in [2.75, 3.05) is 6.61 Å². The maximum atomic E-state index is 12.1. The first kappa shape index (κ1) is 18.2. The van der Waals surface area contributed by atoms with Crippen LogP contribution in [0.3, 0.4) is 0 Å². The predicted molar refractivity (Wildman–Crippen MR) is 97.0 cm³/mol. The number of hydrogen-bond acceptors (Lipinski definition) is 3. The van der Waals surface area contributed by atoms with Crippen molar-refractivity contribution in [3.8, 4) is 0 Å². The zero-order valence-electron chi connectivity index (χ0n) is 14.5. The standard InChI is InChI=1S/C20H27NO3/c1-2-3-4-5-6-7-8-9-14-24-20(23)18-10-11-19-17(15-18)12-13-21(19)16-22/h10-13,15-16H,2-9,14H2,1H3. The fourth-order valence-corrected chi connectivity index (χ4v) is 2.87. The number of ether oxygens (including phenoxy) is 1. The molecule has 0 aliphatic rings. The minimum Gasteiger partial charge on any atom is -0.462 e. The predicted octanol–water partition coefficient (Wildman–Crippen LogP) is 4.98. The molecule has 0 saturated heterocycles. The summed E-state index contributed by atoms with van der Waals surface area (Å²) >= 11 is 0. The lowest BCUT2D eigenvalue weighted by molar-refractivity contribution is 0.0498. The minimum atomic E-state index is -0.293. The second-order valence-electron chi connectivity index (χ2n) is 6.21. The average molecular weight is 329 g/mol. The van der Waals surface area contributed by atoms with Crippen molar-refractivity contribution in [3.63, 3.8) is 0 Å². The molecule has 0 radical (unpaired) electrons. The van der Waals surface area contributed by atoms with E-state index in [1.165, 1.54) is 43.1 Å². The number of hydrogen-bond donors (Lipinski definition) is 0. The number of fused-ring (bicyclic) bond motifs is 1. The largest absolute Gasteiger partial charge is 0.462 e. The van der Waals surface area contributed by atoms with Crippen LogP contribution in [0, 0.1) is 0 Å². The number of esters is 1. The lowest BCUT2D eigenvalue weighted by Crippen LogP contribution is -2.06. The number of aromatic nitrogens is 1. The van der Waals surface area contributed by atoms with Crippen LogP contribution >= 0.6 is 0 Å². The van der Waals surface area contributed by atoms with Crippen molar-refractivity contribution in [2.24, 2.45) is 0 Å². The van der Waals surface area contributed by atoms with Gasteiger partial charge in [0.05, 0.1) is 17.7 Å². The Kier molecular flexibility index (Phi) is 7.53. The molecule has 1 aromatic carbocycles. The van der Waals surface area contributed by atoms with Gasteiger partial charge in [-0.25, -0.2) is 4.79 Å². The molecule has 1 aromatic heterocycles. The van der Waals surface area contributed by atoms with E-state index >= 15 is 0 Å². The number of carbonyl (C=O) groups excluding carboxylic acids is 2. The lowest BCUT2D eigenvalue weighted by atomic mass is 10.1. The van der Waals surface area contributed by atoms with Crippen LogP contribution < -0.4 is 0 Å². The Morgan fingerprint density at radius 3 is 2.46 bits per heavy atom. The average Bonchev–Trinajstić information content (AvgIpc) is 3.02. The topological polar surface area (TPSA) is 48.3 Å². The quantitative estimate of drug-likeness (QED) is 0.332. The zero-order chi connectivity index (χ0) is 17.2. The van der Waals surface area contributed by atoms with Gasteiger partial charge in [0.2, 0.25) is 6.41 Å². The second-order valence-corrected chi connectivity index (χ2v) is 6.21. The Bertz CT molecular complexity index is 660. The minimum absolute atomic E-state index is 0.293. The smallest absolute Gasteiger partial charge is 0.338 e. The molecule has 0 fully saturated rings. The van der Waals surface area contributed by atoms with E-state index in [4.69, 9.17) is 4.74 Å². The van der Waals surface area contributed by atoms with Gasteiger partial charge in [-0.15, -0.1) is 0 Å². The molecule has 0 saturated carbocycles. The molecule has 1 heterocycles.